The molecule has 88 valence electrons. The monoisotopic (exact) mass is 238 g/mol. The lowest BCUT2D eigenvalue weighted by Gasteiger charge is -2.14. The minimum absolute atomic E-state index is 0.0635. The van der Waals surface area contributed by atoms with Gasteiger partial charge in [0.2, 0.25) is 5.91 Å². The fraction of sp³-hybridized carbons (Fsp3) is 0.583. The van der Waals surface area contributed by atoms with Gasteiger partial charge >= 0.3 is 0 Å². The molecular weight excluding hydrogens is 220 g/mol. The van der Waals surface area contributed by atoms with Crippen LogP contribution in [-0.2, 0) is 4.79 Å². The van der Waals surface area contributed by atoms with Gasteiger partial charge in [0.1, 0.15) is 0 Å². The number of thiophene rings is 1. The summed E-state index contributed by atoms with van der Waals surface area (Å²) >= 11 is 1.62. The van der Waals surface area contributed by atoms with Crippen molar-refractivity contribution in [1.82, 2.24) is 5.32 Å². The van der Waals surface area contributed by atoms with Crippen molar-refractivity contribution in [1.29, 1.82) is 0 Å². The third-order valence-electron chi connectivity index (χ3n) is 3.10. The number of rotatable bonds is 5. The molecule has 0 bridgehead atoms. The molecular formula is C12H18N2OS. The normalized spacial score (nSPS) is 19.1. The number of carbonyl (C=O) groups is 1. The van der Waals surface area contributed by atoms with Gasteiger partial charge in [-0.1, -0.05) is 6.07 Å². The Hall–Kier alpha value is -0.870. The molecule has 0 aromatic carbocycles. The Bertz CT molecular complexity index is 346. The van der Waals surface area contributed by atoms with Crippen molar-refractivity contribution < 1.29 is 4.79 Å². The first-order chi connectivity index (χ1) is 7.68. The van der Waals surface area contributed by atoms with Crippen LogP contribution in [0.5, 0.6) is 0 Å². The van der Waals surface area contributed by atoms with E-state index in [4.69, 9.17) is 5.73 Å². The summed E-state index contributed by atoms with van der Waals surface area (Å²) in [4.78, 5) is 12.9. The molecule has 1 aromatic rings. The Morgan fingerprint density at radius 1 is 1.69 bits per heavy atom. The Morgan fingerprint density at radius 2 is 2.44 bits per heavy atom. The second-order valence-corrected chi connectivity index (χ2v) is 5.46. The van der Waals surface area contributed by atoms with Crippen LogP contribution in [0.3, 0.4) is 0 Å². The van der Waals surface area contributed by atoms with Crippen molar-refractivity contribution in [2.45, 2.75) is 31.7 Å². The van der Waals surface area contributed by atoms with Crippen molar-refractivity contribution in [3.63, 3.8) is 0 Å². The van der Waals surface area contributed by atoms with E-state index in [1.54, 1.807) is 11.3 Å². The van der Waals surface area contributed by atoms with Crippen molar-refractivity contribution in [3.8, 4) is 0 Å². The molecule has 1 fully saturated rings. The van der Waals surface area contributed by atoms with Crippen molar-refractivity contribution >= 4 is 17.2 Å². The predicted octanol–water partition coefficient (Wildman–Crippen LogP) is 1.71. The molecule has 1 aliphatic rings. The number of amides is 1. The summed E-state index contributed by atoms with van der Waals surface area (Å²) in [6, 6.07) is 4.11. The largest absolute Gasteiger partial charge is 0.354 e. The smallest absolute Gasteiger partial charge is 0.228 e. The van der Waals surface area contributed by atoms with E-state index in [1.165, 1.54) is 12.8 Å². The van der Waals surface area contributed by atoms with Gasteiger partial charge in [0.25, 0.3) is 0 Å². The first-order valence-electron chi connectivity index (χ1n) is 5.75. The molecule has 1 aromatic heterocycles. The maximum absolute atomic E-state index is 11.8. The second kappa shape index (κ2) is 4.97. The minimum Gasteiger partial charge on any atom is -0.354 e. The Kier molecular flexibility index (Phi) is 3.61. The first-order valence-corrected chi connectivity index (χ1v) is 6.63. The third kappa shape index (κ3) is 2.83. The van der Waals surface area contributed by atoms with E-state index >= 15 is 0 Å². The van der Waals surface area contributed by atoms with Crippen LogP contribution in [0, 0.1) is 5.92 Å². The third-order valence-corrected chi connectivity index (χ3v) is 4.16. The molecule has 2 unspecified atom stereocenters. The zero-order chi connectivity index (χ0) is 11.5. The molecule has 16 heavy (non-hydrogen) atoms. The standard InChI is InChI=1S/C12H18N2OS/c1-8(11-3-2-6-16-11)12(15)14-7-10(13)9-4-5-9/h2-3,6,8-10H,4-5,7,13H2,1H3,(H,14,15). The van der Waals surface area contributed by atoms with Gasteiger partial charge in [0.15, 0.2) is 0 Å². The number of nitrogens with one attached hydrogen (secondary N) is 1. The lowest BCUT2D eigenvalue weighted by atomic mass is 10.1. The SMILES string of the molecule is CC(C(=O)NCC(N)C1CC1)c1cccs1. The molecule has 3 nitrogen and oxygen atoms in total. The molecule has 2 rings (SSSR count). The molecule has 0 spiro atoms. The van der Waals surface area contributed by atoms with Crippen LogP contribution in [0.25, 0.3) is 0 Å². The summed E-state index contributed by atoms with van der Waals surface area (Å²) < 4.78 is 0. The summed E-state index contributed by atoms with van der Waals surface area (Å²) in [5.41, 5.74) is 5.93. The van der Waals surface area contributed by atoms with Crippen molar-refractivity contribution in [3.05, 3.63) is 22.4 Å². The van der Waals surface area contributed by atoms with Gasteiger partial charge in [0, 0.05) is 17.5 Å². The lowest BCUT2D eigenvalue weighted by Crippen LogP contribution is -2.40. The van der Waals surface area contributed by atoms with E-state index in [1.807, 2.05) is 24.4 Å². The molecule has 1 saturated carbocycles. The fourth-order valence-electron chi connectivity index (χ4n) is 1.73. The zero-order valence-corrected chi connectivity index (χ0v) is 10.3. The first kappa shape index (κ1) is 11.6. The van der Waals surface area contributed by atoms with Crippen molar-refractivity contribution in [2.24, 2.45) is 11.7 Å². The molecule has 0 saturated heterocycles. The highest BCUT2D eigenvalue weighted by molar-refractivity contribution is 7.10. The van der Waals surface area contributed by atoms with Crippen LogP contribution in [0.1, 0.15) is 30.6 Å². The molecule has 1 amide bonds. The lowest BCUT2D eigenvalue weighted by molar-refractivity contribution is -0.122. The Labute approximate surface area is 100 Å². The van der Waals surface area contributed by atoms with Gasteiger partial charge in [-0.15, -0.1) is 11.3 Å². The van der Waals surface area contributed by atoms with E-state index < -0.39 is 0 Å². The van der Waals surface area contributed by atoms with Crippen LogP contribution >= 0.6 is 11.3 Å². The van der Waals surface area contributed by atoms with E-state index in [2.05, 4.69) is 5.32 Å². The minimum atomic E-state index is -0.0635. The van der Waals surface area contributed by atoms with Gasteiger partial charge in [0.05, 0.1) is 5.92 Å². The zero-order valence-electron chi connectivity index (χ0n) is 9.48. The maximum atomic E-state index is 11.8. The molecule has 1 heterocycles. The van der Waals surface area contributed by atoms with Gasteiger partial charge in [-0.2, -0.15) is 0 Å². The Balaban J connectivity index is 1.78. The van der Waals surface area contributed by atoms with Gasteiger partial charge in [-0.3, -0.25) is 4.79 Å². The van der Waals surface area contributed by atoms with Crippen LogP contribution in [0.15, 0.2) is 17.5 Å². The highest BCUT2D eigenvalue weighted by atomic mass is 32.1. The molecule has 0 radical (unpaired) electrons. The molecule has 0 aliphatic heterocycles. The van der Waals surface area contributed by atoms with Crippen LogP contribution in [0.4, 0.5) is 0 Å². The number of nitrogens with two attached hydrogens (primary N) is 1. The highest BCUT2D eigenvalue weighted by Gasteiger charge is 2.28. The molecule has 2 atom stereocenters. The topological polar surface area (TPSA) is 55.1 Å². The van der Waals surface area contributed by atoms with Gasteiger partial charge in [-0.05, 0) is 37.1 Å². The van der Waals surface area contributed by atoms with Crippen LogP contribution in [0.2, 0.25) is 0 Å². The fourth-order valence-corrected chi connectivity index (χ4v) is 2.51. The van der Waals surface area contributed by atoms with E-state index in [9.17, 15) is 4.79 Å². The summed E-state index contributed by atoms with van der Waals surface area (Å²) in [6.07, 6.45) is 2.44. The van der Waals surface area contributed by atoms with E-state index in [0.29, 0.717) is 12.5 Å². The average molecular weight is 238 g/mol. The van der Waals surface area contributed by atoms with Crippen molar-refractivity contribution in [2.75, 3.05) is 6.54 Å². The van der Waals surface area contributed by atoms with Crippen LogP contribution in [-0.4, -0.2) is 18.5 Å². The number of carbonyl (C=O) groups excluding carboxylic acids is 1. The van der Waals surface area contributed by atoms with E-state index in [-0.39, 0.29) is 17.9 Å². The highest BCUT2D eigenvalue weighted by Crippen LogP contribution is 2.31. The summed E-state index contributed by atoms with van der Waals surface area (Å²) in [5.74, 6) is 0.655. The second-order valence-electron chi connectivity index (χ2n) is 4.48. The predicted molar refractivity (Wildman–Crippen MR) is 66.4 cm³/mol. The number of hydrogen-bond acceptors (Lipinski definition) is 3. The Morgan fingerprint density at radius 3 is 3.00 bits per heavy atom. The number of hydrogen-bond donors (Lipinski definition) is 2. The summed E-state index contributed by atoms with van der Waals surface area (Å²) in [6.45, 7) is 2.54. The quantitative estimate of drug-likeness (QED) is 0.820. The molecule has 1 aliphatic carbocycles. The summed E-state index contributed by atoms with van der Waals surface area (Å²) in [7, 11) is 0. The maximum Gasteiger partial charge on any atom is 0.228 e. The van der Waals surface area contributed by atoms with Crippen LogP contribution < -0.4 is 11.1 Å². The van der Waals surface area contributed by atoms with Gasteiger partial charge < -0.3 is 11.1 Å². The summed E-state index contributed by atoms with van der Waals surface area (Å²) in [5, 5.41) is 4.93. The van der Waals surface area contributed by atoms with Gasteiger partial charge in [-0.25, -0.2) is 0 Å². The average Bonchev–Trinajstić information content (AvgIpc) is 3.00. The van der Waals surface area contributed by atoms with E-state index in [0.717, 1.165) is 4.88 Å². The molecule has 4 heteroatoms. The molecule has 3 N–H and O–H groups in total.